The molecular weight excluding hydrogens is 334 g/mol. The van der Waals surface area contributed by atoms with Gasteiger partial charge in [0.25, 0.3) is 5.91 Å². The van der Waals surface area contributed by atoms with Gasteiger partial charge in [-0.3, -0.25) is 14.1 Å². The first kappa shape index (κ1) is 20.2. The molecule has 1 fully saturated rings. The van der Waals surface area contributed by atoms with E-state index in [-0.39, 0.29) is 5.91 Å². The van der Waals surface area contributed by atoms with Crippen LogP contribution in [0.1, 0.15) is 35.2 Å². The van der Waals surface area contributed by atoms with E-state index >= 15 is 0 Å². The second-order valence-electron chi connectivity index (χ2n) is 6.46. The Labute approximate surface area is 155 Å². The Morgan fingerprint density at radius 3 is 2.88 bits per heavy atom. The fourth-order valence-corrected chi connectivity index (χ4v) is 3.44. The van der Waals surface area contributed by atoms with E-state index < -0.39 is 6.67 Å². The summed E-state index contributed by atoms with van der Waals surface area (Å²) in [5.74, 6) is 0.694. The lowest BCUT2D eigenvalue weighted by Crippen LogP contribution is -2.40. The largest absolute Gasteiger partial charge is 0.493 e. The molecule has 0 radical (unpaired) electrons. The monoisotopic (exact) mass is 363 g/mol. The Morgan fingerprint density at radius 2 is 2.23 bits per heavy atom. The highest BCUT2D eigenvalue weighted by Crippen LogP contribution is 2.33. The van der Waals surface area contributed by atoms with Gasteiger partial charge < -0.3 is 14.8 Å². The number of carbonyl (C=O) groups is 1. The van der Waals surface area contributed by atoms with Gasteiger partial charge in [-0.05, 0) is 49.9 Å². The smallest absolute Gasteiger partial charge is 0.255 e. The topological polar surface area (TPSA) is 50.8 Å². The second-order valence-corrected chi connectivity index (χ2v) is 6.46. The molecule has 1 aromatic carbocycles. The predicted molar refractivity (Wildman–Crippen MR) is 101 cm³/mol. The van der Waals surface area contributed by atoms with Gasteiger partial charge in [-0.25, -0.2) is 0 Å². The third kappa shape index (κ3) is 4.97. The number of likely N-dealkylation sites (tertiary alicyclic amines) is 1. The molecule has 1 aliphatic heterocycles. The van der Waals surface area contributed by atoms with Crippen LogP contribution in [-0.4, -0.2) is 57.4 Å². The quantitative estimate of drug-likeness (QED) is 0.650. The number of ether oxygens (including phenoxy) is 2. The Balaban J connectivity index is 2.14. The minimum Gasteiger partial charge on any atom is -0.493 e. The molecular formula is C20H29FN2O3. The molecule has 1 aliphatic rings. The molecule has 26 heavy (non-hydrogen) atoms. The fourth-order valence-electron chi connectivity index (χ4n) is 3.44. The predicted octanol–water partition coefficient (Wildman–Crippen LogP) is 2.99. The van der Waals surface area contributed by atoms with Crippen molar-refractivity contribution in [2.45, 2.75) is 31.7 Å². The molecule has 1 atom stereocenters. The maximum absolute atomic E-state index is 12.8. The first-order chi connectivity index (χ1) is 12.6. The molecule has 0 bridgehead atoms. The average molecular weight is 363 g/mol. The summed E-state index contributed by atoms with van der Waals surface area (Å²) in [6, 6.07) is 3.89. The van der Waals surface area contributed by atoms with Crippen LogP contribution in [0.5, 0.6) is 11.5 Å². The van der Waals surface area contributed by atoms with Crippen LogP contribution in [-0.2, 0) is 6.42 Å². The molecule has 0 aromatic heterocycles. The van der Waals surface area contributed by atoms with Gasteiger partial charge in [0.15, 0.2) is 11.5 Å². The number of alkyl halides is 1. The molecule has 2 rings (SSSR count). The first-order valence-corrected chi connectivity index (χ1v) is 9.08. The van der Waals surface area contributed by atoms with Crippen molar-refractivity contribution in [2.75, 3.05) is 40.5 Å². The molecule has 0 saturated carbocycles. The molecule has 0 spiro atoms. The normalized spacial score (nSPS) is 17.1. The number of nitrogens with one attached hydrogen (secondary N) is 1. The molecule has 1 N–H and O–H groups in total. The molecule has 1 heterocycles. The maximum Gasteiger partial charge on any atom is 0.255 e. The zero-order valence-electron chi connectivity index (χ0n) is 15.7. The van der Waals surface area contributed by atoms with Crippen molar-refractivity contribution in [3.05, 3.63) is 35.9 Å². The Kier molecular flexibility index (Phi) is 7.91. The van der Waals surface area contributed by atoms with Crippen LogP contribution in [0.2, 0.25) is 0 Å². The SMILES string of the molecule is C=CCN1CCC[C@H]1CNC(=O)c1cc(CCC[18F])cc(OC)c1OC. The summed E-state index contributed by atoms with van der Waals surface area (Å²) in [6.45, 7) is 5.84. The van der Waals surface area contributed by atoms with Crippen LogP contribution >= 0.6 is 0 Å². The standard InChI is InChI=1S/C20H29FN2O3/c1-4-10-23-11-6-8-16(23)14-22-20(24)17-12-15(7-5-9-21)13-18(25-2)19(17)26-3/h4,12-13,16H,1,5-11,14H2,2-3H3,(H,22,24)/t16-/m0/s1/i21-1. The highest BCUT2D eigenvalue weighted by molar-refractivity contribution is 5.98. The summed E-state index contributed by atoms with van der Waals surface area (Å²) in [4.78, 5) is 15.1. The van der Waals surface area contributed by atoms with E-state index in [2.05, 4.69) is 16.8 Å². The lowest BCUT2D eigenvalue weighted by Gasteiger charge is -2.23. The molecule has 1 amide bonds. The number of methoxy groups -OCH3 is 2. The Bertz CT molecular complexity index is 621. The van der Waals surface area contributed by atoms with Crippen LogP contribution in [0.3, 0.4) is 0 Å². The summed E-state index contributed by atoms with van der Waals surface area (Å²) >= 11 is 0. The number of carbonyl (C=O) groups excluding carboxylic acids is 1. The van der Waals surface area contributed by atoms with Gasteiger partial charge in [0.2, 0.25) is 0 Å². The third-order valence-corrected chi connectivity index (χ3v) is 4.74. The van der Waals surface area contributed by atoms with Gasteiger partial charge >= 0.3 is 0 Å². The van der Waals surface area contributed by atoms with Crippen LogP contribution < -0.4 is 14.8 Å². The maximum atomic E-state index is 12.8. The summed E-state index contributed by atoms with van der Waals surface area (Å²) in [6.07, 6.45) is 5.04. The van der Waals surface area contributed by atoms with E-state index in [0.717, 1.165) is 31.5 Å². The van der Waals surface area contributed by atoms with Crippen molar-refractivity contribution in [1.29, 1.82) is 0 Å². The van der Waals surface area contributed by atoms with Gasteiger partial charge in [-0.2, -0.15) is 0 Å². The zero-order valence-corrected chi connectivity index (χ0v) is 15.7. The number of rotatable bonds is 10. The first-order valence-electron chi connectivity index (χ1n) is 9.08. The van der Waals surface area contributed by atoms with E-state index in [9.17, 15) is 9.18 Å². The van der Waals surface area contributed by atoms with E-state index in [4.69, 9.17) is 9.47 Å². The summed E-state index contributed by atoms with van der Waals surface area (Å²) in [5, 5.41) is 3.01. The summed E-state index contributed by atoms with van der Waals surface area (Å²) < 4.78 is 23.3. The molecule has 5 nitrogen and oxygen atoms in total. The molecule has 0 aliphatic carbocycles. The van der Waals surface area contributed by atoms with Gasteiger partial charge in [0.05, 0.1) is 26.5 Å². The number of amides is 1. The van der Waals surface area contributed by atoms with E-state index in [1.54, 1.807) is 12.1 Å². The lowest BCUT2D eigenvalue weighted by atomic mass is 10.0. The van der Waals surface area contributed by atoms with E-state index in [1.807, 2.05) is 6.08 Å². The van der Waals surface area contributed by atoms with E-state index in [1.165, 1.54) is 14.2 Å². The van der Waals surface area contributed by atoms with E-state index in [0.29, 0.717) is 42.5 Å². The number of hydrogen-bond acceptors (Lipinski definition) is 4. The minimum atomic E-state index is -0.392. The van der Waals surface area contributed by atoms with Crippen LogP contribution in [0, 0.1) is 0 Å². The zero-order chi connectivity index (χ0) is 18.9. The van der Waals surface area contributed by atoms with Gasteiger partial charge in [-0.1, -0.05) is 6.08 Å². The molecule has 6 heteroatoms. The van der Waals surface area contributed by atoms with Crippen LogP contribution in [0.25, 0.3) is 0 Å². The highest BCUT2D eigenvalue weighted by atomic mass is 18.2. The number of halogens is 1. The Hall–Kier alpha value is -2.08. The average Bonchev–Trinajstić information content (AvgIpc) is 3.10. The Morgan fingerprint density at radius 1 is 1.42 bits per heavy atom. The van der Waals surface area contributed by atoms with Crippen molar-refractivity contribution in [2.24, 2.45) is 0 Å². The van der Waals surface area contributed by atoms with Gasteiger partial charge in [0.1, 0.15) is 0 Å². The molecule has 144 valence electrons. The third-order valence-electron chi connectivity index (χ3n) is 4.74. The minimum absolute atomic E-state index is 0.201. The summed E-state index contributed by atoms with van der Waals surface area (Å²) in [7, 11) is 3.04. The number of aryl methyl sites for hydroxylation is 1. The van der Waals surface area contributed by atoms with Crippen molar-refractivity contribution >= 4 is 5.91 Å². The van der Waals surface area contributed by atoms with Crippen molar-refractivity contribution in [1.82, 2.24) is 10.2 Å². The van der Waals surface area contributed by atoms with Gasteiger partial charge in [0, 0.05) is 19.1 Å². The summed E-state index contributed by atoms with van der Waals surface area (Å²) in [5.41, 5.74) is 1.29. The van der Waals surface area contributed by atoms with Crippen LogP contribution in [0.15, 0.2) is 24.8 Å². The second kappa shape index (κ2) is 10.2. The number of hydrogen-bond donors (Lipinski definition) is 1. The number of nitrogens with zero attached hydrogens (tertiary/aromatic N) is 1. The number of benzene rings is 1. The van der Waals surface area contributed by atoms with Crippen molar-refractivity contribution in [3.63, 3.8) is 0 Å². The fraction of sp³-hybridized carbons (Fsp3) is 0.550. The molecule has 1 saturated heterocycles. The molecule has 1 aromatic rings. The van der Waals surface area contributed by atoms with Crippen molar-refractivity contribution in [3.8, 4) is 11.5 Å². The van der Waals surface area contributed by atoms with Crippen molar-refractivity contribution < 1.29 is 18.7 Å². The van der Waals surface area contributed by atoms with Crippen LogP contribution in [0.4, 0.5) is 4.39 Å². The molecule has 0 unspecified atom stereocenters. The highest BCUT2D eigenvalue weighted by Gasteiger charge is 2.25. The van der Waals surface area contributed by atoms with Gasteiger partial charge in [-0.15, -0.1) is 6.58 Å². The lowest BCUT2D eigenvalue weighted by molar-refractivity contribution is 0.0938.